The molecule has 0 radical (unpaired) electrons. The van der Waals surface area contributed by atoms with Gasteiger partial charge in [-0.2, -0.15) is 0 Å². The van der Waals surface area contributed by atoms with E-state index in [-0.39, 0.29) is 5.11 Å². The molecule has 0 aliphatic heterocycles. The average Bonchev–Trinajstić information content (AvgIpc) is 2.90. The second kappa shape index (κ2) is 6.48. The fourth-order valence-electron chi connectivity index (χ4n) is 1.44. The maximum absolute atomic E-state index is 10.5. The van der Waals surface area contributed by atoms with Crippen LogP contribution in [0.4, 0.5) is 16.2 Å². The van der Waals surface area contributed by atoms with Crippen molar-refractivity contribution in [3.63, 3.8) is 0 Å². The minimum absolute atomic E-state index is 0.0156. The van der Waals surface area contributed by atoms with Crippen LogP contribution < -0.4 is 10.6 Å². The standard InChI is InChI=1S/C13H11N3O3S/c17-13(18)16-12(20)15-11-6-2-1-5-10(11)14-8-9-4-3-7-19-9/h1-8H,(H,17,18)(H2,15,16,20). The second-order valence-electron chi connectivity index (χ2n) is 3.68. The van der Waals surface area contributed by atoms with Gasteiger partial charge in [-0.05, 0) is 36.5 Å². The van der Waals surface area contributed by atoms with Crippen molar-refractivity contribution >= 4 is 41.0 Å². The van der Waals surface area contributed by atoms with Gasteiger partial charge >= 0.3 is 6.09 Å². The third-order valence-corrected chi connectivity index (χ3v) is 2.45. The van der Waals surface area contributed by atoms with Gasteiger partial charge in [0.05, 0.1) is 23.9 Å². The van der Waals surface area contributed by atoms with Crippen molar-refractivity contribution in [2.75, 3.05) is 5.32 Å². The summed E-state index contributed by atoms with van der Waals surface area (Å²) in [7, 11) is 0. The molecule has 0 spiro atoms. The molecule has 0 unspecified atom stereocenters. The van der Waals surface area contributed by atoms with Gasteiger partial charge in [0, 0.05) is 0 Å². The number of benzene rings is 1. The third-order valence-electron chi connectivity index (χ3n) is 2.25. The predicted octanol–water partition coefficient (Wildman–Crippen LogP) is 2.99. The maximum atomic E-state index is 10.5. The van der Waals surface area contributed by atoms with E-state index >= 15 is 0 Å². The minimum Gasteiger partial charge on any atom is -0.465 e. The van der Waals surface area contributed by atoms with Crippen LogP contribution >= 0.6 is 12.2 Å². The number of rotatable bonds is 3. The second-order valence-corrected chi connectivity index (χ2v) is 4.08. The van der Waals surface area contributed by atoms with E-state index in [0.717, 1.165) is 0 Å². The summed E-state index contributed by atoms with van der Waals surface area (Å²) in [6.07, 6.45) is 1.89. The van der Waals surface area contributed by atoms with Crippen molar-refractivity contribution in [1.29, 1.82) is 0 Å². The summed E-state index contributed by atoms with van der Waals surface area (Å²) in [5.41, 5.74) is 1.20. The first kappa shape index (κ1) is 13.8. The van der Waals surface area contributed by atoms with E-state index in [1.54, 1.807) is 42.8 Å². The van der Waals surface area contributed by atoms with Gasteiger partial charge in [-0.3, -0.25) is 10.3 Å². The van der Waals surface area contributed by atoms with Gasteiger partial charge in [-0.25, -0.2) is 4.79 Å². The van der Waals surface area contributed by atoms with Gasteiger partial charge < -0.3 is 14.8 Å². The highest BCUT2D eigenvalue weighted by Gasteiger charge is 2.05. The van der Waals surface area contributed by atoms with E-state index in [9.17, 15) is 4.79 Å². The molecule has 0 saturated carbocycles. The Labute approximate surface area is 120 Å². The van der Waals surface area contributed by atoms with E-state index < -0.39 is 6.09 Å². The van der Waals surface area contributed by atoms with Crippen LogP contribution in [0.3, 0.4) is 0 Å². The molecule has 2 aromatic rings. The first-order valence-electron chi connectivity index (χ1n) is 5.62. The Bertz CT molecular complexity index is 638. The number of hydrogen-bond donors (Lipinski definition) is 3. The zero-order valence-corrected chi connectivity index (χ0v) is 11.1. The highest BCUT2D eigenvalue weighted by molar-refractivity contribution is 7.80. The van der Waals surface area contributed by atoms with Crippen LogP contribution in [0.25, 0.3) is 0 Å². The highest BCUT2D eigenvalue weighted by Crippen LogP contribution is 2.24. The molecule has 0 atom stereocenters. The molecule has 1 amide bonds. The van der Waals surface area contributed by atoms with E-state index in [1.807, 2.05) is 6.07 Å². The Morgan fingerprint density at radius 2 is 2.10 bits per heavy atom. The number of carbonyl (C=O) groups is 1. The van der Waals surface area contributed by atoms with E-state index in [1.165, 1.54) is 0 Å². The molecular formula is C13H11N3O3S. The smallest absolute Gasteiger partial charge is 0.410 e. The van der Waals surface area contributed by atoms with E-state index in [4.69, 9.17) is 21.7 Å². The molecule has 102 valence electrons. The molecule has 1 aromatic carbocycles. The van der Waals surface area contributed by atoms with E-state index in [0.29, 0.717) is 17.1 Å². The number of aliphatic imine (C=N–C) groups is 1. The van der Waals surface area contributed by atoms with Gasteiger partial charge in [0.15, 0.2) is 5.11 Å². The molecule has 0 fully saturated rings. The number of nitrogens with one attached hydrogen (secondary N) is 2. The number of thiocarbonyl (C=S) groups is 1. The van der Waals surface area contributed by atoms with Crippen LogP contribution in [0.2, 0.25) is 0 Å². The van der Waals surface area contributed by atoms with Crippen molar-refractivity contribution in [2.45, 2.75) is 0 Å². The summed E-state index contributed by atoms with van der Waals surface area (Å²) in [4.78, 5) is 14.8. The van der Waals surface area contributed by atoms with Crippen LogP contribution in [0.15, 0.2) is 52.1 Å². The Balaban J connectivity index is 2.14. The van der Waals surface area contributed by atoms with Crippen LogP contribution in [-0.2, 0) is 0 Å². The van der Waals surface area contributed by atoms with Gasteiger partial charge in [-0.15, -0.1) is 0 Å². The molecule has 20 heavy (non-hydrogen) atoms. The summed E-state index contributed by atoms with van der Waals surface area (Å²) in [6.45, 7) is 0. The predicted molar refractivity (Wildman–Crippen MR) is 79.8 cm³/mol. The lowest BCUT2D eigenvalue weighted by molar-refractivity contribution is 0.200. The van der Waals surface area contributed by atoms with Crippen molar-refractivity contribution in [3.05, 3.63) is 48.4 Å². The Morgan fingerprint density at radius 1 is 1.30 bits per heavy atom. The van der Waals surface area contributed by atoms with Crippen LogP contribution in [0.5, 0.6) is 0 Å². The fraction of sp³-hybridized carbons (Fsp3) is 0. The van der Waals surface area contributed by atoms with Gasteiger partial charge in [0.1, 0.15) is 5.76 Å². The summed E-state index contributed by atoms with van der Waals surface area (Å²) >= 11 is 4.86. The Kier molecular flexibility index (Phi) is 4.46. The normalized spacial score (nSPS) is 10.4. The van der Waals surface area contributed by atoms with Crippen molar-refractivity contribution in [3.8, 4) is 0 Å². The largest absolute Gasteiger partial charge is 0.465 e. The SMILES string of the molecule is O=C(O)NC(=S)Nc1ccccc1N=Cc1ccco1. The number of hydrogen-bond acceptors (Lipinski definition) is 4. The lowest BCUT2D eigenvalue weighted by Gasteiger charge is -2.09. The zero-order valence-electron chi connectivity index (χ0n) is 10.2. The highest BCUT2D eigenvalue weighted by atomic mass is 32.1. The van der Waals surface area contributed by atoms with Gasteiger partial charge in [0.25, 0.3) is 0 Å². The summed E-state index contributed by atoms with van der Waals surface area (Å²) in [5, 5.41) is 13.4. The van der Waals surface area contributed by atoms with Crippen LogP contribution in [0, 0.1) is 0 Å². The molecule has 0 aliphatic rings. The van der Waals surface area contributed by atoms with Crippen molar-refractivity contribution in [1.82, 2.24) is 5.32 Å². The average molecular weight is 289 g/mol. The quantitative estimate of drug-likeness (QED) is 0.597. The van der Waals surface area contributed by atoms with Crippen LogP contribution in [0.1, 0.15) is 5.76 Å². The third kappa shape index (κ3) is 3.92. The molecule has 1 aromatic heterocycles. The topological polar surface area (TPSA) is 86.9 Å². The first-order chi connectivity index (χ1) is 9.65. The number of anilines is 1. The van der Waals surface area contributed by atoms with Gasteiger partial charge in [-0.1, -0.05) is 12.1 Å². The number of para-hydroxylation sites is 2. The number of nitrogens with zero attached hydrogens (tertiary/aromatic N) is 1. The summed E-state index contributed by atoms with van der Waals surface area (Å²) < 4.78 is 5.14. The molecule has 7 heteroatoms. The summed E-state index contributed by atoms with van der Waals surface area (Å²) in [5.74, 6) is 0.617. The summed E-state index contributed by atoms with van der Waals surface area (Å²) in [6, 6.07) is 10.6. The number of furan rings is 1. The molecule has 0 bridgehead atoms. The number of amides is 1. The molecular weight excluding hydrogens is 278 g/mol. The molecule has 6 nitrogen and oxygen atoms in total. The molecule has 0 saturated heterocycles. The van der Waals surface area contributed by atoms with Gasteiger partial charge in [0.2, 0.25) is 0 Å². The molecule has 1 heterocycles. The van der Waals surface area contributed by atoms with E-state index in [2.05, 4.69) is 15.6 Å². The molecule has 2 rings (SSSR count). The lowest BCUT2D eigenvalue weighted by Crippen LogP contribution is -2.32. The Hall–Kier alpha value is -2.67. The van der Waals surface area contributed by atoms with Crippen LogP contribution in [-0.4, -0.2) is 22.5 Å². The number of carboxylic acid groups (broad SMARTS) is 1. The Morgan fingerprint density at radius 3 is 2.80 bits per heavy atom. The molecule has 3 N–H and O–H groups in total. The lowest BCUT2D eigenvalue weighted by atomic mass is 10.2. The molecule has 0 aliphatic carbocycles. The maximum Gasteiger partial charge on any atom is 0.410 e. The fourth-order valence-corrected chi connectivity index (χ4v) is 1.64. The monoisotopic (exact) mass is 289 g/mol. The minimum atomic E-state index is -1.22. The zero-order chi connectivity index (χ0) is 14.4. The first-order valence-corrected chi connectivity index (χ1v) is 6.03. The van der Waals surface area contributed by atoms with Crippen molar-refractivity contribution in [2.24, 2.45) is 4.99 Å². The van der Waals surface area contributed by atoms with Crippen molar-refractivity contribution < 1.29 is 14.3 Å².